The van der Waals surface area contributed by atoms with Gasteiger partial charge in [-0.25, -0.2) is 0 Å². The maximum Gasteiger partial charge on any atom is 0.251 e. The highest BCUT2D eigenvalue weighted by atomic mass is 35.5. The van der Waals surface area contributed by atoms with Crippen molar-refractivity contribution in [2.75, 3.05) is 13.1 Å². The zero-order valence-electron chi connectivity index (χ0n) is 17.6. The van der Waals surface area contributed by atoms with E-state index in [9.17, 15) is 9.59 Å². The van der Waals surface area contributed by atoms with Crippen molar-refractivity contribution in [3.8, 4) is 0 Å². The number of amides is 2. The summed E-state index contributed by atoms with van der Waals surface area (Å²) in [4.78, 5) is 23.1. The van der Waals surface area contributed by atoms with Crippen LogP contribution in [0.3, 0.4) is 0 Å². The van der Waals surface area contributed by atoms with Crippen molar-refractivity contribution >= 4 is 23.4 Å². The van der Waals surface area contributed by atoms with Crippen LogP contribution in [0, 0.1) is 0 Å². The Morgan fingerprint density at radius 3 is 2.50 bits per heavy atom. The summed E-state index contributed by atoms with van der Waals surface area (Å²) in [6.45, 7) is 4.49. The summed E-state index contributed by atoms with van der Waals surface area (Å²) < 4.78 is 0. The Kier molecular flexibility index (Phi) is 7.88. The average Bonchev–Trinajstić information content (AvgIpc) is 3.19. The highest BCUT2D eigenvalue weighted by molar-refractivity contribution is 6.30. The van der Waals surface area contributed by atoms with Crippen LogP contribution < -0.4 is 16.0 Å². The predicted octanol–water partition coefficient (Wildman–Crippen LogP) is 4.19. The molecule has 3 unspecified atom stereocenters. The van der Waals surface area contributed by atoms with Gasteiger partial charge in [0.05, 0.1) is 0 Å². The van der Waals surface area contributed by atoms with E-state index in [-0.39, 0.29) is 17.9 Å². The van der Waals surface area contributed by atoms with Crippen molar-refractivity contribution in [3.63, 3.8) is 0 Å². The van der Waals surface area contributed by atoms with Crippen molar-refractivity contribution < 1.29 is 9.59 Å². The van der Waals surface area contributed by atoms with Gasteiger partial charge in [-0.2, -0.15) is 0 Å². The molecule has 3 atom stereocenters. The molecule has 1 aliphatic rings. The lowest BCUT2D eigenvalue weighted by atomic mass is 9.96. The number of benzene rings is 2. The molecule has 0 spiro atoms. The maximum atomic E-state index is 12.2. The molecule has 30 heavy (non-hydrogen) atoms. The van der Waals surface area contributed by atoms with Crippen molar-refractivity contribution in [1.82, 2.24) is 16.0 Å². The van der Waals surface area contributed by atoms with Crippen molar-refractivity contribution in [3.05, 3.63) is 70.2 Å². The van der Waals surface area contributed by atoms with Gasteiger partial charge in [0.15, 0.2) is 0 Å². The second-order valence-electron chi connectivity index (χ2n) is 8.01. The van der Waals surface area contributed by atoms with Gasteiger partial charge in [-0.15, -0.1) is 0 Å². The Bertz CT molecular complexity index is 869. The lowest BCUT2D eigenvalue weighted by molar-refractivity contribution is -0.118. The van der Waals surface area contributed by atoms with Crippen LogP contribution in [0.25, 0.3) is 0 Å². The van der Waals surface area contributed by atoms with E-state index in [4.69, 9.17) is 11.6 Å². The van der Waals surface area contributed by atoms with Crippen LogP contribution in [0.15, 0.2) is 48.5 Å². The molecule has 0 aliphatic heterocycles. The first-order valence-corrected chi connectivity index (χ1v) is 10.9. The van der Waals surface area contributed by atoms with E-state index in [2.05, 4.69) is 41.1 Å². The quantitative estimate of drug-likeness (QED) is 0.553. The van der Waals surface area contributed by atoms with Crippen LogP contribution in [0.2, 0.25) is 5.02 Å². The molecule has 1 saturated carbocycles. The third kappa shape index (κ3) is 6.31. The van der Waals surface area contributed by atoms with E-state index in [0.29, 0.717) is 30.6 Å². The number of hydrogen-bond donors (Lipinski definition) is 3. The first kappa shape index (κ1) is 22.3. The number of hydrogen-bond acceptors (Lipinski definition) is 3. The summed E-state index contributed by atoms with van der Waals surface area (Å²) >= 11 is 6.12. The molecule has 2 aromatic carbocycles. The summed E-state index contributed by atoms with van der Waals surface area (Å²) in [6, 6.07) is 16.7. The fraction of sp³-hybridized carbons (Fsp3) is 0.417. The Morgan fingerprint density at radius 2 is 1.80 bits per heavy atom. The van der Waals surface area contributed by atoms with Gasteiger partial charge in [0, 0.05) is 42.7 Å². The smallest absolute Gasteiger partial charge is 0.251 e. The molecule has 0 aromatic heterocycles. The minimum absolute atomic E-state index is 0.0973. The number of nitrogens with one attached hydrogen (secondary N) is 3. The first-order valence-electron chi connectivity index (χ1n) is 10.6. The molecule has 1 fully saturated rings. The van der Waals surface area contributed by atoms with Crippen LogP contribution in [0.4, 0.5) is 0 Å². The summed E-state index contributed by atoms with van der Waals surface area (Å²) in [5, 5.41) is 9.99. The minimum atomic E-state index is -0.117. The van der Waals surface area contributed by atoms with Crippen LogP contribution in [-0.2, 0) is 4.79 Å². The summed E-state index contributed by atoms with van der Waals surface area (Å²) in [6.07, 6.45) is 3.37. The van der Waals surface area contributed by atoms with Gasteiger partial charge in [-0.3, -0.25) is 9.59 Å². The normalized spacial score (nSPS) is 19.3. The van der Waals surface area contributed by atoms with E-state index >= 15 is 0 Å². The fourth-order valence-electron chi connectivity index (χ4n) is 4.08. The molecule has 0 saturated heterocycles. The Hall–Kier alpha value is -2.37. The van der Waals surface area contributed by atoms with E-state index in [0.717, 1.165) is 24.3 Å². The van der Waals surface area contributed by atoms with Crippen LogP contribution in [0.5, 0.6) is 0 Å². The molecule has 0 radical (unpaired) electrons. The van der Waals surface area contributed by atoms with Gasteiger partial charge in [-0.1, -0.05) is 35.9 Å². The Balaban J connectivity index is 1.49. The zero-order valence-corrected chi connectivity index (χ0v) is 18.3. The molecule has 1 aliphatic carbocycles. The van der Waals surface area contributed by atoms with E-state index in [1.807, 2.05) is 30.3 Å². The van der Waals surface area contributed by atoms with Crippen molar-refractivity contribution in [2.45, 2.75) is 51.1 Å². The molecule has 0 heterocycles. The van der Waals surface area contributed by atoms with Gasteiger partial charge in [0.1, 0.15) is 0 Å². The second kappa shape index (κ2) is 10.6. The topological polar surface area (TPSA) is 70.2 Å². The molecule has 3 rings (SSSR count). The van der Waals surface area contributed by atoms with Crippen LogP contribution >= 0.6 is 11.6 Å². The largest absolute Gasteiger partial charge is 0.355 e. The summed E-state index contributed by atoms with van der Waals surface area (Å²) in [5.41, 5.74) is 3.13. The average molecular weight is 428 g/mol. The number of carbonyl (C=O) groups is 2. The van der Waals surface area contributed by atoms with Crippen molar-refractivity contribution in [2.24, 2.45) is 0 Å². The molecule has 160 valence electrons. The maximum absolute atomic E-state index is 12.2. The standard InChI is InChI=1S/C24H30ClN3O2/c1-16(20-4-3-5-22(25)14-20)28-23-11-10-21(15-23)18-6-8-19(9-7-18)24(30)27-13-12-26-17(2)29/h3-9,14,16,21,23,28H,10-13,15H2,1-2H3,(H,26,29)(H,27,30). The Labute approximate surface area is 183 Å². The molecule has 2 aromatic rings. The second-order valence-corrected chi connectivity index (χ2v) is 8.45. The van der Waals surface area contributed by atoms with Gasteiger partial charge in [-0.05, 0) is 67.5 Å². The molecule has 0 bridgehead atoms. The third-order valence-corrected chi connectivity index (χ3v) is 5.93. The molecule has 5 nitrogen and oxygen atoms in total. The first-order chi connectivity index (χ1) is 14.4. The monoisotopic (exact) mass is 427 g/mol. The molecule has 2 amide bonds. The van der Waals surface area contributed by atoms with Gasteiger partial charge in [0.2, 0.25) is 5.91 Å². The molecular weight excluding hydrogens is 398 g/mol. The number of rotatable bonds is 8. The van der Waals surface area contributed by atoms with E-state index in [1.54, 1.807) is 0 Å². The summed E-state index contributed by atoms with van der Waals surface area (Å²) in [5.74, 6) is 0.291. The minimum Gasteiger partial charge on any atom is -0.355 e. The lowest BCUT2D eigenvalue weighted by Gasteiger charge is -2.20. The molecule has 6 heteroatoms. The highest BCUT2D eigenvalue weighted by Crippen LogP contribution is 2.35. The highest BCUT2D eigenvalue weighted by Gasteiger charge is 2.27. The van der Waals surface area contributed by atoms with Gasteiger partial charge in [0.25, 0.3) is 5.91 Å². The number of carbonyl (C=O) groups excluding carboxylic acids is 2. The zero-order chi connectivity index (χ0) is 21.5. The molecule has 3 N–H and O–H groups in total. The summed E-state index contributed by atoms with van der Waals surface area (Å²) in [7, 11) is 0. The van der Waals surface area contributed by atoms with E-state index < -0.39 is 0 Å². The lowest BCUT2D eigenvalue weighted by Crippen LogP contribution is -2.33. The van der Waals surface area contributed by atoms with Gasteiger partial charge < -0.3 is 16.0 Å². The Morgan fingerprint density at radius 1 is 1.07 bits per heavy atom. The fourth-order valence-corrected chi connectivity index (χ4v) is 4.28. The SMILES string of the molecule is CC(=O)NCCNC(=O)c1ccc(C2CCC(NC(C)c3cccc(Cl)c3)C2)cc1. The third-order valence-electron chi connectivity index (χ3n) is 5.70. The van der Waals surface area contributed by atoms with Crippen LogP contribution in [-0.4, -0.2) is 30.9 Å². The van der Waals surface area contributed by atoms with Crippen LogP contribution in [0.1, 0.15) is 66.6 Å². The van der Waals surface area contributed by atoms with E-state index in [1.165, 1.54) is 18.1 Å². The van der Waals surface area contributed by atoms with Gasteiger partial charge >= 0.3 is 0 Å². The number of halogens is 1. The van der Waals surface area contributed by atoms with Crippen molar-refractivity contribution in [1.29, 1.82) is 0 Å². The predicted molar refractivity (Wildman–Crippen MR) is 121 cm³/mol. The molecular formula is C24H30ClN3O2.